The summed E-state index contributed by atoms with van der Waals surface area (Å²) in [5.41, 5.74) is 8.99. The van der Waals surface area contributed by atoms with E-state index in [4.69, 9.17) is 68.3 Å². The molecule has 8 aromatic carbocycles. The molecule has 4 fully saturated rings. The highest BCUT2D eigenvalue weighted by Gasteiger charge is 2.49. The second kappa shape index (κ2) is 41.2. The highest BCUT2D eigenvalue weighted by Crippen LogP contribution is 2.35. The van der Waals surface area contributed by atoms with Crippen molar-refractivity contribution in [3.63, 3.8) is 0 Å². The van der Waals surface area contributed by atoms with E-state index in [9.17, 15) is 90.5 Å². The number of para-hydroxylation sites is 2. The number of halogens is 2. The molecule has 0 aliphatic carbocycles. The van der Waals surface area contributed by atoms with Gasteiger partial charge in [0.25, 0.3) is 0 Å². The predicted molar refractivity (Wildman–Crippen MR) is 403 cm³/mol. The van der Waals surface area contributed by atoms with Gasteiger partial charge in [0.15, 0.2) is 0 Å². The fourth-order valence-corrected chi connectivity index (χ4v) is 12.6. The van der Waals surface area contributed by atoms with E-state index in [0.29, 0.717) is 81.2 Å². The van der Waals surface area contributed by atoms with Crippen LogP contribution in [0.4, 0.5) is 8.78 Å². The van der Waals surface area contributed by atoms with Crippen LogP contribution in [0.5, 0.6) is 28.7 Å². The minimum absolute atomic E-state index is 0.176. The van der Waals surface area contributed by atoms with Crippen LogP contribution >= 0.6 is 0 Å². The van der Waals surface area contributed by atoms with Crippen molar-refractivity contribution < 1.29 is 133 Å². The van der Waals surface area contributed by atoms with E-state index in [-0.39, 0.29) is 12.0 Å². The van der Waals surface area contributed by atoms with Crippen molar-refractivity contribution in [2.45, 2.75) is 155 Å². The van der Waals surface area contributed by atoms with E-state index < -0.39 is 161 Å². The highest BCUT2D eigenvalue weighted by atomic mass is 19.1. The third kappa shape index (κ3) is 21.9. The molecule has 0 aromatic heterocycles. The van der Waals surface area contributed by atoms with E-state index >= 15 is 0 Å². The number of aliphatic hydroxyl groups is 16. The Bertz CT molecular complexity index is 4570. The molecule has 598 valence electrons. The van der Waals surface area contributed by atoms with Gasteiger partial charge in [0.2, 0.25) is 25.2 Å². The molecule has 113 heavy (non-hydrogen) atoms. The lowest BCUT2D eigenvalue weighted by Gasteiger charge is -2.39. The molecule has 4 heterocycles. The molecule has 25 nitrogen and oxygen atoms in total. The average molecular weight is 1560 g/mol. The lowest BCUT2D eigenvalue weighted by Crippen LogP contribution is -2.60. The molecule has 4 saturated heterocycles. The first-order valence-electron chi connectivity index (χ1n) is 35.7. The summed E-state index contributed by atoms with van der Waals surface area (Å²) in [5, 5.41) is 157. The molecule has 16 N–H and O–H groups in total. The lowest BCUT2D eigenvalue weighted by molar-refractivity contribution is -0.277. The number of hydrogen-bond acceptors (Lipinski definition) is 25. The Labute approximate surface area is 651 Å². The molecule has 27 heteroatoms. The van der Waals surface area contributed by atoms with Crippen LogP contribution in [0.25, 0.3) is 0 Å². The first kappa shape index (κ1) is 87.0. The van der Waals surface area contributed by atoms with Gasteiger partial charge in [0, 0.05) is 53.5 Å². The van der Waals surface area contributed by atoms with E-state index in [2.05, 4.69) is 23.7 Å². The maximum absolute atomic E-state index is 14.3. The molecule has 8 aromatic rings. The Morgan fingerprint density at radius 3 is 1.13 bits per heavy atom. The van der Waals surface area contributed by atoms with Crippen molar-refractivity contribution in [1.82, 2.24) is 0 Å². The fourth-order valence-electron chi connectivity index (χ4n) is 12.6. The van der Waals surface area contributed by atoms with Crippen molar-refractivity contribution in [3.05, 3.63) is 254 Å². The number of ether oxygens (including phenoxy) is 9. The number of terminal acetylenes is 4. The van der Waals surface area contributed by atoms with Gasteiger partial charge in [0.05, 0.1) is 39.1 Å². The highest BCUT2D eigenvalue weighted by molar-refractivity contribution is 5.51. The Morgan fingerprint density at radius 1 is 0.336 bits per heavy atom. The number of aliphatic hydroxyl groups excluding tert-OH is 16. The number of methoxy groups -OCH3 is 1. The fraction of sp³-hybridized carbons (Fsp3) is 0.349. The van der Waals surface area contributed by atoms with Gasteiger partial charge < -0.3 is 124 Å². The first-order valence-corrected chi connectivity index (χ1v) is 35.7. The van der Waals surface area contributed by atoms with Gasteiger partial charge in [-0.25, -0.2) is 8.78 Å². The van der Waals surface area contributed by atoms with Gasteiger partial charge in [0.1, 0.15) is 138 Å². The zero-order chi connectivity index (χ0) is 81.7. The van der Waals surface area contributed by atoms with E-state index in [0.717, 1.165) is 33.6 Å². The van der Waals surface area contributed by atoms with Gasteiger partial charge in [-0.3, -0.25) is 0 Å². The summed E-state index contributed by atoms with van der Waals surface area (Å²) in [6.07, 6.45) is -4.13. The van der Waals surface area contributed by atoms with Crippen molar-refractivity contribution in [2.24, 2.45) is 0 Å². The summed E-state index contributed by atoms with van der Waals surface area (Å²) < 4.78 is 78.1. The molecule has 20 atom stereocenters. The minimum atomic E-state index is -1.54. The number of aryl methyl sites for hydroxylation is 1. The summed E-state index contributed by atoms with van der Waals surface area (Å²) in [7, 11) is 1.59. The Hall–Kier alpha value is -9.94. The van der Waals surface area contributed by atoms with Crippen LogP contribution in [-0.4, -0.2) is 238 Å². The maximum atomic E-state index is 14.3. The van der Waals surface area contributed by atoms with Crippen molar-refractivity contribution in [3.8, 4) is 78.1 Å². The molecule has 0 unspecified atom stereocenters. The lowest BCUT2D eigenvalue weighted by atomic mass is 9.98. The number of rotatable bonds is 21. The second-order valence-electron chi connectivity index (χ2n) is 26.8. The summed E-state index contributed by atoms with van der Waals surface area (Å²) in [4.78, 5) is 0. The quantitative estimate of drug-likeness (QED) is 0.0459. The van der Waals surface area contributed by atoms with Crippen LogP contribution in [-0.2, 0) is 44.6 Å². The molecule has 0 amide bonds. The topological polar surface area (TPSA) is 407 Å². The molecule has 4 aliphatic rings. The van der Waals surface area contributed by atoms with Gasteiger partial charge in [-0.15, -0.1) is 25.7 Å². The normalized spacial score (nSPS) is 27.0. The average Bonchev–Trinajstić information content (AvgIpc) is 0.807. The summed E-state index contributed by atoms with van der Waals surface area (Å²) in [6, 6.07) is 48.6. The van der Waals surface area contributed by atoms with Crippen LogP contribution in [0.2, 0.25) is 0 Å². The molecule has 0 bridgehead atoms. The van der Waals surface area contributed by atoms with E-state index in [1.165, 1.54) is 18.2 Å². The third-order valence-corrected chi connectivity index (χ3v) is 19.2. The zero-order valence-electron chi connectivity index (χ0n) is 61.3. The first-order chi connectivity index (χ1) is 54.3. The van der Waals surface area contributed by atoms with Crippen molar-refractivity contribution in [1.29, 1.82) is 0 Å². The summed E-state index contributed by atoms with van der Waals surface area (Å²) in [6.45, 7) is -0.196. The largest absolute Gasteiger partial charge is 0.497 e. The SMILES string of the molecule is C#Cc1ccc(Cc2c(C)cccc2O[C@@H]2O[C@H](CO)[C@@H](O)[C@H](O)[C@H]2O)cc1.C#Cc1ccc(Cc2ccccc2O[C@@H]2O[C@H](CO)[C@@H](O)[C@H](O)[C@H]2O)c(F)c1.C#Cc1ccc(Cc2ccccc2O[C@@H]2O[C@H](CO)[C@@H](O)[C@H](O)[C@H]2O)cc1F.C#Cc1cccc(O[C@@H]2O[C@H](CO)[C@@H](O)[C@H](O)[C@H]2O)c1Cc1ccc(OC)cc1. The molecule has 0 spiro atoms. The maximum Gasteiger partial charge on any atom is 0.229 e. The van der Waals surface area contributed by atoms with E-state index in [1.54, 1.807) is 98.1 Å². The molecule has 0 saturated carbocycles. The van der Waals surface area contributed by atoms with Gasteiger partial charge in [-0.05, 0) is 125 Å². The van der Waals surface area contributed by atoms with Crippen molar-refractivity contribution in [2.75, 3.05) is 33.5 Å². The Kier molecular flexibility index (Phi) is 31.7. The Morgan fingerprint density at radius 2 is 0.717 bits per heavy atom. The summed E-state index contributed by atoms with van der Waals surface area (Å²) in [5.74, 6) is 11.2. The van der Waals surface area contributed by atoms with Crippen LogP contribution in [0, 0.1) is 67.9 Å². The van der Waals surface area contributed by atoms with Gasteiger partial charge in [-0.2, -0.15) is 0 Å². The van der Waals surface area contributed by atoms with Crippen LogP contribution in [0.3, 0.4) is 0 Å². The van der Waals surface area contributed by atoms with Crippen LogP contribution in [0.1, 0.15) is 72.3 Å². The van der Waals surface area contributed by atoms with E-state index in [1.807, 2.05) is 67.6 Å². The molecule has 4 aliphatic heterocycles. The standard InChI is InChI=1S/C22H24O7.C22H24O6.2C21H21FO6/c1-3-14-5-4-6-17(16(14)11-13-7-9-15(27-2)10-8-13)28-22-21(26)20(25)19(24)18(12-23)29-22;1-3-14-7-9-15(10-8-14)11-16-13(2)5-4-6-17(16)27-22-21(26)20(25)19(24)18(12-23)28-22;1-2-13-8-7-12(10-15(13)22)9-14-5-3-4-6-16(14)27-21-20(26)19(25)18(24)17(11-23)28-21;1-2-12-7-8-13(15(22)9-12)10-14-5-3-4-6-16(14)27-21-20(26)19(25)18(24)17(11-23)28-21/h1,4-10,18-26H,11-12H2,2H3;1,4-10,18-26H,11-12H2,2H3;1,3-8,10,17-21,23-26H,9,11H2;1,3-9,17-21,23-26H,10-11H2/t2*18-,19-,20+,21-,22-;2*17-,18-,19+,20-,21-/m1111/s1. The monoisotopic (exact) mass is 1560 g/mol. The smallest absolute Gasteiger partial charge is 0.229 e. The molecular formula is C86H90F2O25. The molecule has 0 radical (unpaired) electrons. The number of hydrogen-bond donors (Lipinski definition) is 16. The molecule has 12 rings (SSSR count). The van der Waals surface area contributed by atoms with Gasteiger partial charge in [-0.1, -0.05) is 115 Å². The van der Waals surface area contributed by atoms with Crippen LogP contribution < -0.4 is 23.7 Å². The number of benzene rings is 8. The predicted octanol–water partition coefficient (Wildman–Crippen LogP) is 2.34. The Balaban J connectivity index is 0.000000173. The zero-order valence-corrected chi connectivity index (χ0v) is 61.3. The summed E-state index contributed by atoms with van der Waals surface area (Å²) >= 11 is 0. The third-order valence-electron chi connectivity index (χ3n) is 19.2. The van der Waals surface area contributed by atoms with Crippen molar-refractivity contribution >= 4 is 0 Å². The van der Waals surface area contributed by atoms with Crippen LogP contribution in [0.15, 0.2) is 170 Å². The molecular weight excluding hydrogens is 1470 g/mol. The minimum Gasteiger partial charge on any atom is -0.497 e. The second-order valence-corrected chi connectivity index (χ2v) is 26.8. The van der Waals surface area contributed by atoms with Gasteiger partial charge >= 0.3 is 0 Å².